The van der Waals surface area contributed by atoms with Crippen LogP contribution in [0.15, 0.2) is 54.2 Å². The van der Waals surface area contributed by atoms with Gasteiger partial charge in [0.25, 0.3) is 0 Å². The lowest BCUT2D eigenvalue weighted by Gasteiger charge is -2.10. The highest BCUT2D eigenvalue weighted by molar-refractivity contribution is 7.09. The molecule has 0 radical (unpaired) electrons. The molecule has 0 fully saturated rings. The maximum absolute atomic E-state index is 12.3. The zero-order chi connectivity index (χ0) is 19.1. The van der Waals surface area contributed by atoms with Gasteiger partial charge in [-0.15, -0.1) is 11.3 Å². The molecule has 0 spiro atoms. The van der Waals surface area contributed by atoms with Gasteiger partial charge in [-0.25, -0.2) is 9.78 Å². The van der Waals surface area contributed by atoms with Gasteiger partial charge in [0.2, 0.25) is 5.91 Å². The number of pyridine rings is 1. The summed E-state index contributed by atoms with van der Waals surface area (Å²) in [7, 11) is 0. The van der Waals surface area contributed by atoms with Gasteiger partial charge < -0.3 is 10.1 Å². The summed E-state index contributed by atoms with van der Waals surface area (Å²) in [5.41, 5.74) is 2.61. The van der Waals surface area contributed by atoms with Crippen molar-refractivity contribution in [3.05, 3.63) is 64.7 Å². The third kappa shape index (κ3) is 4.98. The zero-order valence-corrected chi connectivity index (χ0v) is 15.7. The summed E-state index contributed by atoms with van der Waals surface area (Å²) < 4.78 is 5.02. The van der Waals surface area contributed by atoms with Gasteiger partial charge in [0, 0.05) is 36.2 Å². The topological polar surface area (TPSA) is 81.2 Å². The number of rotatable bonds is 7. The van der Waals surface area contributed by atoms with E-state index in [9.17, 15) is 9.59 Å². The van der Waals surface area contributed by atoms with E-state index in [0.29, 0.717) is 17.7 Å². The first-order chi connectivity index (χ1) is 13.2. The van der Waals surface area contributed by atoms with Crippen molar-refractivity contribution in [1.29, 1.82) is 0 Å². The minimum Gasteiger partial charge on any atom is -0.462 e. The first-order valence-electron chi connectivity index (χ1n) is 8.58. The lowest BCUT2D eigenvalue weighted by Crippen LogP contribution is -2.16. The van der Waals surface area contributed by atoms with Crippen molar-refractivity contribution in [3.63, 3.8) is 0 Å². The third-order valence-corrected chi connectivity index (χ3v) is 4.68. The molecule has 0 atom stereocenters. The number of carbonyl (C=O) groups excluding carboxylic acids is 2. The molecule has 0 saturated heterocycles. The Hall–Kier alpha value is -3.06. The van der Waals surface area contributed by atoms with Crippen LogP contribution >= 0.6 is 11.3 Å². The number of benzene rings is 1. The SMILES string of the molecule is CCOC(=O)c1ccccc1NC(=O)CCc1nc(-c2cccnc2)cs1. The molecule has 2 aromatic heterocycles. The number of anilines is 1. The maximum atomic E-state index is 12.3. The van der Waals surface area contributed by atoms with E-state index in [0.717, 1.165) is 16.3 Å². The predicted octanol–water partition coefficient (Wildman–Crippen LogP) is 3.95. The molecule has 2 heterocycles. The lowest BCUT2D eigenvalue weighted by molar-refractivity contribution is -0.116. The smallest absolute Gasteiger partial charge is 0.340 e. The maximum Gasteiger partial charge on any atom is 0.340 e. The van der Waals surface area contributed by atoms with E-state index in [1.54, 1.807) is 43.6 Å². The summed E-state index contributed by atoms with van der Waals surface area (Å²) in [6.45, 7) is 2.03. The fourth-order valence-corrected chi connectivity index (χ4v) is 3.29. The Labute approximate surface area is 161 Å². The minimum atomic E-state index is -0.450. The first kappa shape index (κ1) is 18.7. The number of carbonyl (C=O) groups is 2. The molecule has 0 saturated carbocycles. The summed E-state index contributed by atoms with van der Waals surface area (Å²) in [6.07, 6.45) is 4.28. The number of nitrogens with one attached hydrogen (secondary N) is 1. The van der Waals surface area contributed by atoms with Crippen LogP contribution in [0.3, 0.4) is 0 Å². The van der Waals surface area contributed by atoms with Crippen LogP contribution in [0.2, 0.25) is 0 Å². The number of esters is 1. The first-order valence-corrected chi connectivity index (χ1v) is 9.46. The number of para-hydroxylation sites is 1. The molecule has 3 aromatic rings. The molecule has 27 heavy (non-hydrogen) atoms. The van der Waals surface area contributed by atoms with Crippen molar-refractivity contribution in [3.8, 4) is 11.3 Å². The summed E-state index contributed by atoms with van der Waals surface area (Å²) in [4.78, 5) is 32.9. The minimum absolute atomic E-state index is 0.176. The molecular formula is C20H19N3O3S. The second kappa shape index (κ2) is 9.05. The second-order valence-corrected chi connectivity index (χ2v) is 6.63. The zero-order valence-electron chi connectivity index (χ0n) is 14.8. The average Bonchev–Trinajstić information content (AvgIpc) is 3.17. The molecule has 0 aliphatic rings. The molecule has 0 bridgehead atoms. The Bertz CT molecular complexity index is 925. The van der Waals surface area contributed by atoms with Crippen molar-refractivity contribution in [2.75, 3.05) is 11.9 Å². The van der Waals surface area contributed by atoms with Crippen LogP contribution in [-0.4, -0.2) is 28.5 Å². The summed E-state index contributed by atoms with van der Waals surface area (Å²) in [5.74, 6) is -0.626. The van der Waals surface area contributed by atoms with Crippen LogP contribution in [0.1, 0.15) is 28.7 Å². The molecule has 1 amide bonds. The molecule has 1 N–H and O–H groups in total. The number of aryl methyl sites for hydroxylation is 1. The van der Waals surface area contributed by atoms with Crippen molar-refractivity contribution in [2.24, 2.45) is 0 Å². The quantitative estimate of drug-likeness (QED) is 0.627. The second-order valence-electron chi connectivity index (χ2n) is 5.68. The van der Waals surface area contributed by atoms with Crippen molar-refractivity contribution >= 4 is 28.9 Å². The number of amides is 1. The fourth-order valence-electron chi connectivity index (χ4n) is 2.48. The Balaban J connectivity index is 1.60. The van der Waals surface area contributed by atoms with Gasteiger partial charge in [0.05, 0.1) is 28.6 Å². The van der Waals surface area contributed by atoms with Crippen LogP contribution in [0.4, 0.5) is 5.69 Å². The number of hydrogen-bond donors (Lipinski definition) is 1. The summed E-state index contributed by atoms with van der Waals surface area (Å²) >= 11 is 1.51. The molecule has 1 aromatic carbocycles. The van der Waals surface area contributed by atoms with Gasteiger partial charge in [-0.1, -0.05) is 12.1 Å². The Morgan fingerprint density at radius 2 is 2.04 bits per heavy atom. The average molecular weight is 381 g/mol. The number of ether oxygens (including phenoxy) is 1. The number of hydrogen-bond acceptors (Lipinski definition) is 6. The van der Waals surface area contributed by atoms with Gasteiger partial charge in [-0.2, -0.15) is 0 Å². The van der Waals surface area contributed by atoms with Crippen LogP contribution in [0, 0.1) is 0 Å². The van der Waals surface area contributed by atoms with Crippen LogP contribution < -0.4 is 5.32 Å². The van der Waals surface area contributed by atoms with Gasteiger partial charge in [-0.05, 0) is 31.2 Å². The van der Waals surface area contributed by atoms with Crippen molar-refractivity contribution in [2.45, 2.75) is 19.8 Å². The largest absolute Gasteiger partial charge is 0.462 e. The molecular weight excluding hydrogens is 362 g/mol. The van der Waals surface area contributed by atoms with E-state index in [2.05, 4.69) is 15.3 Å². The van der Waals surface area contributed by atoms with Gasteiger partial charge >= 0.3 is 5.97 Å². The molecule has 0 unspecified atom stereocenters. The van der Waals surface area contributed by atoms with Gasteiger partial charge in [0.15, 0.2) is 0 Å². The molecule has 3 rings (SSSR count). The predicted molar refractivity (Wildman–Crippen MR) is 105 cm³/mol. The van der Waals surface area contributed by atoms with E-state index >= 15 is 0 Å². The lowest BCUT2D eigenvalue weighted by atomic mass is 10.1. The van der Waals surface area contributed by atoms with Crippen molar-refractivity contribution < 1.29 is 14.3 Å². The van der Waals surface area contributed by atoms with E-state index in [1.165, 1.54) is 11.3 Å². The fraction of sp³-hybridized carbons (Fsp3) is 0.200. The number of nitrogens with zero attached hydrogens (tertiary/aromatic N) is 2. The number of aromatic nitrogens is 2. The molecule has 0 aliphatic carbocycles. The van der Waals surface area contributed by atoms with Crippen molar-refractivity contribution in [1.82, 2.24) is 9.97 Å². The van der Waals surface area contributed by atoms with Gasteiger partial charge in [0.1, 0.15) is 0 Å². The Kier molecular flexibility index (Phi) is 6.27. The highest BCUT2D eigenvalue weighted by Crippen LogP contribution is 2.22. The van der Waals surface area contributed by atoms with E-state index in [-0.39, 0.29) is 18.9 Å². The number of thiazole rings is 1. The monoisotopic (exact) mass is 381 g/mol. The van der Waals surface area contributed by atoms with E-state index in [1.807, 2.05) is 17.5 Å². The van der Waals surface area contributed by atoms with Crippen LogP contribution in [0.25, 0.3) is 11.3 Å². The molecule has 138 valence electrons. The highest BCUT2D eigenvalue weighted by atomic mass is 32.1. The molecule has 7 heteroatoms. The van der Waals surface area contributed by atoms with Gasteiger partial charge in [-0.3, -0.25) is 9.78 Å². The highest BCUT2D eigenvalue weighted by Gasteiger charge is 2.14. The third-order valence-electron chi connectivity index (χ3n) is 3.77. The Morgan fingerprint density at radius 3 is 2.81 bits per heavy atom. The van der Waals surface area contributed by atoms with E-state index in [4.69, 9.17) is 4.74 Å². The van der Waals surface area contributed by atoms with E-state index < -0.39 is 5.97 Å². The Morgan fingerprint density at radius 1 is 1.19 bits per heavy atom. The molecule has 0 aliphatic heterocycles. The normalized spacial score (nSPS) is 10.4. The van der Waals surface area contributed by atoms with Crippen LogP contribution in [-0.2, 0) is 16.0 Å². The summed E-state index contributed by atoms with van der Waals surface area (Å²) in [6, 6.07) is 10.6. The van der Waals surface area contributed by atoms with Crippen LogP contribution in [0.5, 0.6) is 0 Å². The molecule has 6 nitrogen and oxygen atoms in total. The summed E-state index contributed by atoms with van der Waals surface area (Å²) in [5, 5.41) is 5.62. The standard InChI is InChI=1S/C20H19N3O3S/c1-2-26-20(25)15-7-3-4-8-16(15)22-18(24)9-10-19-23-17(13-27-19)14-6-5-11-21-12-14/h3-8,11-13H,2,9-10H2,1H3,(H,22,24).